The third kappa shape index (κ3) is 1.53. The Morgan fingerprint density at radius 1 is 1.57 bits per heavy atom. The highest BCUT2D eigenvalue weighted by atomic mass is 127. The van der Waals surface area contributed by atoms with Gasteiger partial charge < -0.3 is 4.98 Å². The maximum atomic E-state index is 8.90. The van der Waals surface area contributed by atoms with Gasteiger partial charge >= 0.3 is 0 Å². The molecule has 0 aliphatic heterocycles. The van der Waals surface area contributed by atoms with Crippen LogP contribution >= 0.6 is 38.5 Å². The maximum absolute atomic E-state index is 8.90. The van der Waals surface area contributed by atoms with E-state index in [2.05, 4.69) is 54.6 Å². The van der Waals surface area contributed by atoms with Crippen LogP contribution in [0.3, 0.4) is 0 Å². The number of aromatic amines is 1. The summed E-state index contributed by atoms with van der Waals surface area (Å²) < 4.78 is 1.06. The quantitative estimate of drug-likeness (QED) is 0.627. The molecule has 1 aromatic carbocycles. The van der Waals surface area contributed by atoms with E-state index in [0.29, 0.717) is 10.9 Å². The number of fused-ring (bicyclic) bond motifs is 1. The molecule has 0 saturated heterocycles. The molecule has 0 radical (unpaired) electrons. The van der Waals surface area contributed by atoms with Crippen molar-refractivity contribution in [1.82, 2.24) is 9.97 Å². The molecule has 0 aliphatic carbocycles. The largest absolute Gasteiger partial charge is 0.340 e. The van der Waals surface area contributed by atoms with Crippen LogP contribution in [0.2, 0.25) is 0 Å². The predicted molar refractivity (Wildman–Crippen MR) is 66.2 cm³/mol. The molecular weight excluding hydrogens is 357 g/mol. The second kappa shape index (κ2) is 3.87. The minimum absolute atomic E-state index is 0.639. The second-order valence-electron chi connectivity index (χ2n) is 2.75. The Kier molecular flexibility index (Phi) is 2.74. The first-order chi connectivity index (χ1) is 6.76. The summed E-state index contributed by atoms with van der Waals surface area (Å²) in [5.74, 6) is 0.848. The Bertz CT molecular complexity index is 527. The van der Waals surface area contributed by atoms with E-state index >= 15 is 0 Å². The van der Waals surface area contributed by atoms with Crippen LogP contribution in [-0.2, 0) is 5.33 Å². The average molecular weight is 362 g/mol. The fourth-order valence-electron chi connectivity index (χ4n) is 1.27. The summed E-state index contributed by atoms with van der Waals surface area (Å²) >= 11 is 5.54. The Labute approximate surface area is 103 Å². The molecule has 70 valence electrons. The Balaban J connectivity index is 2.83. The third-order valence-electron chi connectivity index (χ3n) is 1.89. The number of imidazole rings is 1. The van der Waals surface area contributed by atoms with Gasteiger partial charge in [-0.15, -0.1) is 0 Å². The van der Waals surface area contributed by atoms with Crippen molar-refractivity contribution in [1.29, 1.82) is 5.26 Å². The molecule has 0 aliphatic rings. The van der Waals surface area contributed by atoms with E-state index in [-0.39, 0.29) is 0 Å². The van der Waals surface area contributed by atoms with Gasteiger partial charge in [-0.2, -0.15) is 5.26 Å². The molecule has 1 heterocycles. The van der Waals surface area contributed by atoms with Crippen LogP contribution in [0.5, 0.6) is 0 Å². The molecule has 0 unspecified atom stereocenters. The van der Waals surface area contributed by atoms with Crippen LogP contribution in [0, 0.1) is 14.9 Å². The van der Waals surface area contributed by atoms with E-state index in [1.165, 1.54) is 0 Å². The molecule has 14 heavy (non-hydrogen) atoms. The predicted octanol–water partition coefficient (Wildman–Crippen LogP) is 2.93. The summed E-state index contributed by atoms with van der Waals surface area (Å²) in [4.78, 5) is 7.50. The zero-order chi connectivity index (χ0) is 10.1. The number of hydrogen-bond acceptors (Lipinski definition) is 2. The molecule has 0 saturated carbocycles. The van der Waals surface area contributed by atoms with E-state index in [0.717, 1.165) is 20.4 Å². The zero-order valence-electron chi connectivity index (χ0n) is 7.01. The van der Waals surface area contributed by atoms with Crippen molar-refractivity contribution in [2.45, 2.75) is 5.33 Å². The van der Waals surface area contributed by atoms with Gasteiger partial charge in [0.25, 0.3) is 0 Å². The average Bonchev–Trinajstić information content (AvgIpc) is 2.63. The fraction of sp³-hybridized carbons (Fsp3) is 0.111. The number of alkyl halides is 1. The monoisotopic (exact) mass is 361 g/mol. The van der Waals surface area contributed by atoms with E-state index in [1.54, 1.807) is 6.07 Å². The Morgan fingerprint density at radius 3 is 3.00 bits per heavy atom. The number of benzene rings is 1. The van der Waals surface area contributed by atoms with E-state index in [1.807, 2.05) is 6.07 Å². The lowest BCUT2D eigenvalue weighted by atomic mass is 10.2. The van der Waals surface area contributed by atoms with Gasteiger partial charge in [-0.3, -0.25) is 0 Å². The van der Waals surface area contributed by atoms with Gasteiger partial charge in [-0.1, -0.05) is 15.9 Å². The highest BCUT2D eigenvalue weighted by Gasteiger charge is 2.08. The van der Waals surface area contributed by atoms with Gasteiger partial charge in [0.2, 0.25) is 0 Å². The smallest absolute Gasteiger partial charge is 0.118 e. The van der Waals surface area contributed by atoms with Gasteiger partial charge in [0.1, 0.15) is 17.4 Å². The van der Waals surface area contributed by atoms with Crippen LogP contribution in [0.1, 0.15) is 11.4 Å². The van der Waals surface area contributed by atoms with E-state index in [4.69, 9.17) is 5.26 Å². The number of nitrogens with zero attached hydrogens (tertiary/aromatic N) is 2. The van der Waals surface area contributed by atoms with Gasteiger partial charge in [0, 0.05) is 3.57 Å². The first-order valence-corrected chi connectivity index (χ1v) is 6.09. The normalized spacial score (nSPS) is 10.4. The molecular formula is C9H5BrIN3. The first-order valence-electron chi connectivity index (χ1n) is 3.89. The lowest BCUT2D eigenvalue weighted by Gasteiger charge is -1.93. The van der Waals surface area contributed by atoms with Crippen LogP contribution in [-0.4, -0.2) is 9.97 Å². The summed E-state index contributed by atoms with van der Waals surface area (Å²) in [6.07, 6.45) is 0. The molecule has 2 rings (SSSR count). The number of aromatic nitrogens is 2. The minimum Gasteiger partial charge on any atom is -0.340 e. The highest BCUT2D eigenvalue weighted by Crippen LogP contribution is 2.22. The molecule has 0 amide bonds. The minimum atomic E-state index is 0.639. The Morgan fingerprint density at radius 2 is 2.36 bits per heavy atom. The molecule has 1 N–H and O–H groups in total. The summed E-state index contributed by atoms with van der Waals surface area (Å²) in [6.45, 7) is 0. The van der Waals surface area contributed by atoms with Crippen LogP contribution in [0.25, 0.3) is 11.0 Å². The lowest BCUT2D eigenvalue weighted by Crippen LogP contribution is -1.81. The van der Waals surface area contributed by atoms with Crippen LogP contribution in [0.15, 0.2) is 12.1 Å². The van der Waals surface area contributed by atoms with Crippen molar-refractivity contribution >= 4 is 49.6 Å². The van der Waals surface area contributed by atoms with Gasteiger partial charge in [-0.25, -0.2) is 4.98 Å². The Hall–Kier alpha value is -0.610. The molecule has 1 aromatic heterocycles. The summed E-state index contributed by atoms with van der Waals surface area (Å²) in [6, 6.07) is 5.85. The van der Waals surface area contributed by atoms with Gasteiger partial charge in [0.05, 0.1) is 16.4 Å². The van der Waals surface area contributed by atoms with Crippen LogP contribution < -0.4 is 0 Å². The number of H-pyrrole nitrogens is 1. The number of nitriles is 1. The standard InChI is InChI=1S/C9H5BrIN3/c10-3-7-13-8-5(4-12)1-2-6(11)9(8)14-7/h1-2H,3H2,(H,13,14). The van der Waals surface area contributed by atoms with E-state index in [9.17, 15) is 0 Å². The molecule has 0 fully saturated rings. The fourth-order valence-corrected chi connectivity index (χ4v) is 2.10. The molecule has 2 aromatic rings. The molecule has 3 nitrogen and oxygen atoms in total. The van der Waals surface area contributed by atoms with E-state index < -0.39 is 0 Å². The number of hydrogen-bond donors (Lipinski definition) is 1. The zero-order valence-corrected chi connectivity index (χ0v) is 10.8. The van der Waals surface area contributed by atoms with Crippen molar-refractivity contribution in [3.63, 3.8) is 0 Å². The molecule has 0 atom stereocenters. The topological polar surface area (TPSA) is 52.5 Å². The van der Waals surface area contributed by atoms with Crippen LogP contribution in [0.4, 0.5) is 0 Å². The van der Waals surface area contributed by atoms with Crippen molar-refractivity contribution in [3.05, 3.63) is 27.1 Å². The number of rotatable bonds is 1. The molecule has 0 spiro atoms. The van der Waals surface area contributed by atoms with Gasteiger partial charge in [0.15, 0.2) is 0 Å². The number of nitrogens with one attached hydrogen (secondary N) is 1. The summed E-state index contributed by atoms with van der Waals surface area (Å²) in [5, 5.41) is 9.57. The second-order valence-corrected chi connectivity index (χ2v) is 4.47. The third-order valence-corrected chi connectivity index (χ3v) is 3.29. The first kappa shape index (κ1) is 9.93. The van der Waals surface area contributed by atoms with Gasteiger partial charge in [-0.05, 0) is 34.7 Å². The van der Waals surface area contributed by atoms with Crippen molar-refractivity contribution in [3.8, 4) is 6.07 Å². The maximum Gasteiger partial charge on any atom is 0.118 e. The number of halogens is 2. The lowest BCUT2D eigenvalue weighted by molar-refractivity contribution is 1.15. The SMILES string of the molecule is N#Cc1ccc(I)c2nc(CBr)[nH]c12. The van der Waals surface area contributed by atoms with Crippen molar-refractivity contribution < 1.29 is 0 Å². The summed E-state index contributed by atoms with van der Waals surface area (Å²) in [5.41, 5.74) is 2.34. The molecule has 5 heteroatoms. The summed E-state index contributed by atoms with van der Waals surface area (Å²) in [7, 11) is 0. The molecule has 0 bridgehead atoms. The highest BCUT2D eigenvalue weighted by molar-refractivity contribution is 14.1. The van der Waals surface area contributed by atoms with Crippen molar-refractivity contribution in [2.75, 3.05) is 0 Å². The van der Waals surface area contributed by atoms with Crippen molar-refractivity contribution in [2.24, 2.45) is 0 Å².